The monoisotopic (exact) mass is 298 g/mol. The lowest BCUT2D eigenvalue weighted by atomic mass is 10.1. The summed E-state index contributed by atoms with van der Waals surface area (Å²) in [5.74, 6) is 0.303. The van der Waals surface area contributed by atoms with Crippen molar-refractivity contribution in [2.24, 2.45) is 5.73 Å². The molecule has 0 spiro atoms. The van der Waals surface area contributed by atoms with Crippen molar-refractivity contribution in [3.63, 3.8) is 0 Å². The average Bonchev–Trinajstić information content (AvgIpc) is 2.29. The predicted molar refractivity (Wildman–Crippen MR) is 82.0 cm³/mol. The van der Waals surface area contributed by atoms with Gasteiger partial charge in [0.1, 0.15) is 5.75 Å². The molecule has 0 radical (unpaired) electrons. The molecule has 0 aliphatic carbocycles. The van der Waals surface area contributed by atoms with E-state index in [-0.39, 0.29) is 17.5 Å². The summed E-state index contributed by atoms with van der Waals surface area (Å²) in [4.78, 5) is 12.0. The Balaban J connectivity index is 2.76. The molecule has 0 fully saturated rings. The molecule has 1 aromatic carbocycles. The summed E-state index contributed by atoms with van der Waals surface area (Å²) in [5.41, 5.74) is 6.42. The number of amides is 1. The molecule has 0 heterocycles. The van der Waals surface area contributed by atoms with E-state index in [1.54, 1.807) is 19.1 Å². The summed E-state index contributed by atoms with van der Waals surface area (Å²) >= 11 is 6.14. The number of hydrogen-bond acceptors (Lipinski definition) is 3. The topological polar surface area (TPSA) is 64.3 Å². The Hall–Kier alpha value is -1.26. The van der Waals surface area contributed by atoms with Crippen LogP contribution in [-0.2, 0) is 4.79 Å². The Morgan fingerprint density at radius 3 is 2.40 bits per heavy atom. The number of carbonyl (C=O) groups excluding carboxylic acids is 1. The molecule has 1 rings (SSSR count). The quantitative estimate of drug-likeness (QED) is 0.898. The van der Waals surface area contributed by atoms with Crippen LogP contribution in [0, 0.1) is 0 Å². The Kier molecular flexibility index (Phi) is 5.42. The molecule has 20 heavy (non-hydrogen) atoms. The Morgan fingerprint density at radius 2 is 1.95 bits per heavy atom. The van der Waals surface area contributed by atoms with Crippen LogP contribution < -0.4 is 15.8 Å². The van der Waals surface area contributed by atoms with Gasteiger partial charge < -0.3 is 15.8 Å². The zero-order valence-electron chi connectivity index (χ0n) is 12.7. The minimum Gasteiger partial charge on any atom is -0.479 e. The number of carbonyl (C=O) groups is 1. The lowest BCUT2D eigenvalue weighted by molar-refractivity contribution is -0.128. The summed E-state index contributed by atoms with van der Waals surface area (Å²) in [6.07, 6.45) is -0.618. The first-order valence-electron chi connectivity index (χ1n) is 6.64. The molecule has 0 saturated carbocycles. The molecule has 0 aromatic heterocycles. The van der Waals surface area contributed by atoms with E-state index in [2.05, 4.69) is 5.32 Å². The van der Waals surface area contributed by atoms with Gasteiger partial charge >= 0.3 is 0 Å². The van der Waals surface area contributed by atoms with Crippen LogP contribution in [0.3, 0.4) is 0 Å². The van der Waals surface area contributed by atoms with Gasteiger partial charge in [-0.15, -0.1) is 0 Å². The van der Waals surface area contributed by atoms with E-state index in [1.165, 1.54) is 0 Å². The van der Waals surface area contributed by atoms with Gasteiger partial charge in [0.2, 0.25) is 0 Å². The third kappa shape index (κ3) is 5.02. The van der Waals surface area contributed by atoms with Crippen LogP contribution in [0.15, 0.2) is 18.2 Å². The molecule has 0 bridgehead atoms. The maximum atomic E-state index is 12.0. The van der Waals surface area contributed by atoms with Gasteiger partial charge in [-0.25, -0.2) is 0 Å². The maximum Gasteiger partial charge on any atom is 0.261 e. The normalized spacial score (nSPS) is 14.6. The highest BCUT2D eigenvalue weighted by Gasteiger charge is 2.21. The number of nitrogens with two attached hydrogens (primary N) is 1. The fourth-order valence-electron chi connectivity index (χ4n) is 1.61. The smallest absolute Gasteiger partial charge is 0.261 e. The van der Waals surface area contributed by atoms with Crippen molar-refractivity contribution in [2.75, 3.05) is 0 Å². The number of nitrogens with one attached hydrogen (secondary N) is 1. The van der Waals surface area contributed by atoms with Crippen LogP contribution in [0.4, 0.5) is 0 Å². The Morgan fingerprint density at radius 1 is 1.35 bits per heavy atom. The lowest BCUT2D eigenvalue weighted by Crippen LogP contribution is -2.46. The van der Waals surface area contributed by atoms with Crippen LogP contribution in [-0.4, -0.2) is 17.6 Å². The van der Waals surface area contributed by atoms with Crippen LogP contribution in [0.1, 0.15) is 46.2 Å². The highest BCUT2D eigenvalue weighted by molar-refractivity contribution is 6.32. The van der Waals surface area contributed by atoms with Crippen LogP contribution >= 0.6 is 11.6 Å². The molecule has 1 aromatic rings. The third-order valence-corrected chi connectivity index (χ3v) is 2.95. The molecule has 112 valence electrons. The van der Waals surface area contributed by atoms with Crippen molar-refractivity contribution in [1.82, 2.24) is 5.32 Å². The van der Waals surface area contributed by atoms with E-state index >= 15 is 0 Å². The van der Waals surface area contributed by atoms with Gasteiger partial charge in [-0.2, -0.15) is 0 Å². The maximum absolute atomic E-state index is 12.0. The predicted octanol–water partition coefficient (Wildman–Crippen LogP) is 3.04. The van der Waals surface area contributed by atoms with Crippen molar-refractivity contribution in [2.45, 2.75) is 52.3 Å². The Labute approximate surface area is 125 Å². The average molecular weight is 299 g/mol. The molecule has 5 heteroatoms. The Bertz CT molecular complexity index is 481. The van der Waals surface area contributed by atoms with Gasteiger partial charge in [0.15, 0.2) is 6.10 Å². The van der Waals surface area contributed by atoms with E-state index in [1.807, 2.05) is 33.8 Å². The first kappa shape index (κ1) is 16.8. The number of rotatable bonds is 4. The lowest BCUT2D eigenvalue weighted by Gasteiger charge is -2.24. The summed E-state index contributed by atoms with van der Waals surface area (Å²) in [5, 5.41) is 3.32. The molecular formula is C15H23ClN2O2. The van der Waals surface area contributed by atoms with E-state index < -0.39 is 6.10 Å². The number of hydrogen-bond donors (Lipinski definition) is 2. The fourth-order valence-corrected chi connectivity index (χ4v) is 1.84. The van der Waals surface area contributed by atoms with E-state index in [0.717, 1.165) is 5.56 Å². The van der Waals surface area contributed by atoms with Gasteiger partial charge in [0, 0.05) is 11.6 Å². The third-order valence-electron chi connectivity index (χ3n) is 2.65. The van der Waals surface area contributed by atoms with Crippen molar-refractivity contribution in [3.8, 4) is 5.75 Å². The second kappa shape index (κ2) is 6.46. The minimum absolute atomic E-state index is 0.0943. The molecule has 0 aliphatic rings. The van der Waals surface area contributed by atoms with Crippen LogP contribution in [0.5, 0.6) is 5.75 Å². The molecule has 2 unspecified atom stereocenters. The van der Waals surface area contributed by atoms with Crippen LogP contribution in [0.2, 0.25) is 5.02 Å². The zero-order chi connectivity index (χ0) is 15.5. The second-order valence-corrected chi connectivity index (χ2v) is 6.39. The van der Waals surface area contributed by atoms with Gasteiger partial charge in [0.25, 0.3) is 5.91 Å². The van der Waals surface area contributed by atoms with Crippen LogP contribution in [0.25, 0.3) is 0 Å². The largest absolute Gasteiger partial charge is 0.479 e. The fraction of sp³-hybridized carbons (Fsp3) is 0.533. The molecule has 0 saturated heterocycles. The van der Waals surface area contributed by atoms with Gasteiger partial charge in [-0.05, 0) is 52.3 Å². The minimum atomic E-state index is -0.618. The summed E-state index contributed by atoms with van der Waals surface area (Å²) < 4.78 is 5.60. The highest BCUT2D eigenvalue weighted by Crippen LogP contribution is 2.28. The van der Waals surface area contributed by atoms with Gasteiger partial charge in [-0.3, -0.25) is 4.79 Å². The standard InChI is InChI=1S/C15H23ClN2O2/c1-9(17)11-6-7-13(12(16)8-11)20-10(2)14(19)18-15(3,4)5/h6-10H,17H2,1-5H3,(H,18,19). The van der Waals surface area contributed by atoms with E-state index in [0.29, 0.717) is 10.8 Å². The van der Waals surface area contributed by atoms with Crippen molar-refractivity contribution in [1.29, 1.82) is 0 Å². The number of ether oxygens (including phenoxy) is 1. The van der Waals surface area contributed by atoms with Crippen molar-refractivity contribution in [3.05, 3.63) is 28.8 Å². The van der Waals surface area contributed by atoms with Gasteiger partial charge in [-0.1, -0.05) is 17.7 Å². The first-order valence-corrected chi connectivity index (χ1v) is 7.01. The molecule has 1 amide bonds. The summed E-state index contributed by atoms with van der Waals surface area (Å²) in [6, 6.07) is 5.25. The molecule has 2 atom stereocenters. The molecule has 4 nitrogen and oxygen atoms in total. The van der Waals surface area contributed by atoms with Gasteiger partial charge in [0.05, 0.1) is 5.02 Å². The molecule has 0 aliphatic heterocycles. The molecular weight excluding hydrogens is 276 g/mol. The second-order valence-electron chi connectivity index (χ2n) is 5.98. The molecule has 3 N–H and O–H groups in total. The summed E-state index contributed by atoms with van der Waals surface area (Å²) in [7, 11) is 0. The number of benzene rings is 1. The van der Waals surface area contributed by atoms with Crippen molar-refractivity contribution < 1.29 is 9.53 Å². The highest BCUT2D eigenvalue weighted by atomic mass is 35.5. The van der Waals surface area contributed by atoms with Crippen molar-refractivity contribution >= 4 is 17.5 Å². The SMILES string of the molecule is CC(Oc1ccc(C(C)N)cc1Cl)C(=O)NC(C)(C)C. The first-order chi connectivity index (χ1) is 9.10. The number of halogens is 1. The van der Waals surface area contributed by atoms with E-state index in [9.17, 15) is 4.79 Å². The summed E-state index contributed by atoms with van der Waals surface area (Å²) in [6.45, 7) is 9.33. The van der Waals surface area contributed by atoms with E-state index in [4.69, 9.17) is 22.1 Å². The zero-order valence-corrected chi connectivity index (χ0v) is 13.4.